The van der Waals surface area contributed by atoms with Crippen LogP contribution in [0.2, 0.25) is 0 Å². The average molecular weight is 266 g/mol. The number of carbonyl (C=O) groups is 1. The molecule has 0 atom stereocenters. The molecule has 0 unspecified atom stereocenters. The van der Waals surface area contributed by atoms with Crippen molar-refractivity contribution >= 4 is 11.6 Å². The summed E-state index contributed by atoms with van der Waals surface area (Å²) in [5.41, 5.74) is 5.67. The van der Waals surface area contributed by atoms with Crippen LogP contribution < -0.4 is 11.1 Å². The van der Waals surface area contributed by atoms with Gasteiger partial charge in [0.1, 0.15) is 0 Å². The predicted molar refractivity (Wildman–Crippen MR) is 65.3 cm³/mol. The summed E-state index contributed by atoms with van der Waals surface area (Å²) in [6.07, 6.45) is 3.09. The zero-order valence-corrected chi connectivity index (χ0v) is 9.94. The average Bonchev–Trinajstić information content (AvgIpc) is 2.78. The van der Waals surface area contributed by atoms with E-state index in [4.69, 9.17) is 5.73 Å². The highest BCUT2D eigenvalue weighted by atomic mass is 19.2. The number of hydrogen-bond donors (Lipinski definition) is 2. The van der Waals surface area contributed by atoms with Crippen molar-refractivity contribution in [1.29, 1.82) is 0 Å². The molecule has 0 saturated carbocycles. The van der Waals surface area contributed by atoms with Crippen molar-refractivity contribution < 1.29 is 13.6 Å². The minimum Gasteiger partial charge on any atom is -0.396 e. The second kappa shape index (κ2) is 5.47. The number of nitrogens with one attached hydrogen (secondary N) is 1. The van der Waals surface area contributed by atoms with Gasteiger partial charge in [0.05, 0.1) is 24.0 Å². The predicted octanol–water partition coefficient (Wildman–Crippen LogP) is 1.17. The fourth-order valence-electron chi connectivity index (χ4n) is 1.56. The second-order valence-corrected chi connectivity index (χ2v) is 3.89. The van der Waals surface area contributed by atoms with E-state index in [-0.39, 0.29) is 12.1 Å². The molecule has 2 rings (SSSR count). The third-order valence-corrected chi connectivity index (χ3v) is 2.48. The highest BCUT2D eigenvalue weighted by Crippen LogP contribution is 2.10. The molecule has 0 aliphatic heterocycles. The van der Waals surface area contributed by atoms with Gasteiger partial charge in [-0.25, -0.2) is 8.78 Å². The van der Waals surface area contributed by atoms with Crippen molar-refractivity contribution in [3.05, 3.63) is 47.8 Å². The normalized spacial score (nSPS) is 10.4. The Labute approximate surface area is 108 Å². The molecule has 7 heteroatoms. The molecule has 100 valence electrons. The van der Waals surface area contributed by atoms with Gasteiger partial charge in [0.25, 0.3) is 5.91 Å². The van der Waals surface area contributed by atoms with E-state index in [1.54, 1.807) is 6.20 Å². The number of hydrogen-bond acceptors (Lipinski definition) is 3. The lowest BCUT2D eigenvalue weighted by Crippen LogP contribution is -2.28. The van der Waals surface area contributed by atoms with Crippen LogP contribution in [0.5, 0.6) is 0 Å². The van der Waals surface area contributed by atoms with Crippen LogP contribution in [0.1, 0.15) is 10.4 Å². The van der Waals surface area contributed by atoms with Crippen molar-refractivity contribution in [1.82, 2.24) is 15.1 Å². The summed E-state index contributed by atoms with van der Waals surface area (Å²) in [4.78, 5) is 11.6. The highest BCUT2D eigenvalue weighted by molar-refractivity contribution is 5.94. The van der Waals surface area contributed by atoms with Crippen LogP contribution >= 0.6 is 0 Å². The molecule has 1 aromatic heterocycles. The monoisotopic (exact) mass is 266 g/mol. The van der Waals surface area contributed by atoms with Crippen LogP contribution in [0.25, 0.3) is 0 Å². The molecule has 0 fully saturated rings. The first-order valence-corrected chi connectivity index (χ1v) is 5.58. The topological polar surface area (TPSA) is 72.9 Å². The van der Waals surface area contributed by atoms with E-state index < -0.39 is 17.5 Å². The van der Waals surface area contributed by atoms with Crippen molar-refractivity contribution in [2.24, 2.45) is 0 Å². The summed E-state index contributed by atoms with van der Waals surface area (Å²) in [7, 11) is 0. The molecule has 1 aromatic carbocycles. The van der Waals surface area contributed by atoms with Crippen LogP contribution in [0.4, 0.5) is 14.5 Å². The number of benzene rings is 1. The van der Waals surface area contributed by atoms with Crippen molar-refractivity contribution in [2.45, 2.75) is 6.54 Å². The molecule has 0 aliphatic carbocycles. The Kier molecular flexibility index (Phi) is 3.74. The zero-order valence-electron chi connectivity index (χ0n) is 9.94. The van der Waals surface area contributed by atoms with Gasteiger partial charge in [-0.2, -0.15) is 5.10 Å². The molecule has 5 nitrogen and oxygen atoms in total. The molecule has 0 bridgehead atoms. The summed E-state index contributed by atoms with van der Waals surface area (Å²) in [5, 5.41) is 6.40. The maximum atomic E-state index is 13.3. The van der Waals surface area contributed by atoms with Crippen molar-refractivity contribution in [2.75, 3.05) is 12.3 Å². The second-order valence-electron chi connectivity index (χ2n) is 3.89. The molecule has 0 spiro atoms. The zero-order chi connectivity index (χ0) is 13.8. The molecule has 2 aromatic rings. The molecule has 0 aliphatic rings. The third-order valence-electron chi connectivity index (χ3n) is 2.48. The summed E-state index contributed by atoms with van der Waals surface area (Å²) in [6.45, 7) is 0.621. The number of rotatable bonds is 4. The van der Waals surface area contributed by atoms with Gasteiger partial charge in [0.2, 0.25) is 0 Å². The minimum atomic E-state index is -1.15. The first-order chi connectivity index (χ1) is 9.08. The molecule has 0 radical (unpaired) electrons. The van der Waals surface area contributed by atoms with E-state index in [1.165, 1.54) is 23.0 Å². The number of nitrogens with zero attached hydrogens (tertiary/aromatic N) is 2. The molecule has 19 heavy (non-hydrogen) atoms. The number of aromatic nitrogens is 2. The van der Waals surface area contributed by atoms with Gasteiger partial charge < -0.3 is 11.1 Å². The first kappa shape index (κ1) is 13.0. The largest absolute Gasteiger partial charge is 0.396 e. The number of nitrogens with two attached hydrogens (primary N) is 1. The molecule has 3 N–H and O–H groups in total. The minimum absolute atomic E-state index is 0.232. The number of anilines is 1. The van der Waals surface area contributed by atoms with E-state index in [0.717, 1.165) is 6.07 Å². The fourth-order valence-corrected chi connectivity index (χ4v) is 1.56. The molecule has 0 saturated heterocycles. The summed E-state index contributed by atoms with van der Waals surface area (Å²) >= 11 is 0. The quantitative estimate of drug-likeness (QED) is 0.872. The summed E-state index contributed by atoms with van der Waals surface area (Å²) in [6, 6.07) is 3.46. The Bertz CT molecular complexity index is 597. The van der Waals surface area contributed by atoms with Crippen LogP contribution in [0, 0.1) is 11.6 Å². The highest BCUT2D eigenvalue weighted by Gasteiger charge is 2.14. The smallest absolute Gasteiger partial charge is 0.254 e. The van der Waals surface area contributed by atoms with Gasteiger partial charge in [-0.3, -0.25) is 9.48 Å². The fraction of sp³-hybridized carbons (Fsp3) is 0.167. The van der Waals surface area contributed by atoms with E-state index in [0.29, 0.717) is 12.2 Å². The lowest BCUT2D eigenvalue weighted by molar-refractivity contribution is 0.0947. The molecular formula is C12H12F2N4O. The number of halogens is 2. The van der Waals surface area contributed by atoms with E-state index in [2.05, 4.69) is 10.4 Å². The Hall–Kier alpha value is -2.44. The number of nitrogen functional groups attached to an aromatic ring is 1. The Balaban J connectivity index is 1.93. The van der Waals surface area contributed by atoms with E-state index in [1.807, 2.05) is 0 Å². The molecule has 1 heterocycles. The Morgan fingerprint density at radius 2 is 2.21 bits per heavy atom. The van der Waals surface area contributed by atoms with Crippen molar-refractivity contribution in [3.63, 3.8) is 0 Å². The lowest BCUT2D eigenvalue weighted by Gasteiger charge is -2.06. The molecular weight excluding hydrogens is 254 g/mol. The summed E-state index contributed by atoms with van der Waals surface area (Å²) in [5.74, 6) is -2.87. The van der Waals surface area contributed by atoms with Gasteiger partial charge in [0, 0.05) is 12.7 Å². The standard InChI is InChI=1S/C12H12F2N4O/c13-10-3-1-2-9(11(10)14)12(19)16-4-5-18-7-8(15)6-17-18/h1-3,6-7H,4-5,15H2,(H,16,19). The number of amides is 1. The van der Waals surface area contributed by atoms with Gasteiger partial charge >= 0.3 is 0 Å². The lowest BCUT2D eigenvalue weighted by atomic mass is 10.2. The Morgan fingerprint density at radius 3 is 2.89 bits per heavy atom. The van der Waals surface area contributed by atoms with Crippen molar-refractivity contribution in [3.8, 4) is 0 Å². The van der Waals surface area contributed by atoms with E-state index >= 15 is 0 Å². The first-order valence-electron chi connectivity index (χ1n) is 5.58. The van der Waals surface area contributed by atoms with E-state index in [9.17, 15) is 13.6 Å². The molecule has 1 amide bonds. The summed E-state index contributed by atoms with van der Waals surface area (Å²) < 4.78 is 27.8. The van der Waals surface area contributed by atoms with Gasteiger partial charge in [-0.1, -0.05) is 6.07 Å². The van der Waals surface area contributed by atoms with Gasteiger partial charge in [-0.15, -0.1) is 0 Å². The maximum absolute atomic E-state index is 13.3. The van der Waals surface area contributed by atoms with Crippen LogP contribution in [-0.4, -0.2) is 22.2 Å². The van der Waals surface area contributed by atoms with Crippen LogP contribution in [0.3, 0.4) is 0 Å². The van der Waals surface area contributed by atoms with Crippen LogP contribution in [-0.2, 0) is 6.54 Å². The number of carbonyl (C=O) groups excluding carboxylic acids is 1. The Morgan fingerprint density at radius 1 is 1.42 bits per heavy atom. The maximum Gasteiger partial charge on any atom is 0.254 e. The van der Waals surface area contributed by atoms with Gasteiger partial charge in [0.15, 0.2) is 11.6 Å². The third kappa shape index (κ3) is 3.06. The van der Waals surface area contributed by atoms with Gasteiger partial charge in [-0.05, 0) is 12.1 Å². The van der Waals surface area contributed by atoms with Crippen LogP contribution in [0.15, 0.2) is 30.6 Å². The SMILES string of the molecule is Nc1cnn(CCNC(=O)c2cccc(F)c2F)c1.